The summed E-state index contributed by atoms with van der Waals surface area (Å²) in [5, 5.41) is 0. The monoisotopic (exact) mass is 268 g/mol. The standard InChI is InChI=1S/C15H32N4/c1-14-9-8-12-19(13-14)11-7-6-10-16-15(17(2)3)18(4)5/h14H,6-13H2,1-5H3. The highest BCUT2D eigenvalue weighted by atomic mass is 15.3. The molecular weight excluding hydrogens is 236 g/mol. The van der Waals surface area contributed by atoms with Gasteiger partial charge in [-0.15, -0.1) is 0 Å². The lowest BCUT2D eigenvalue weighted by molar-refractivity contribution is 0.181. The molecule has 1 heterocycles. The van der Waals surface area contributed by atoms with E-state index in [2.05, 4.69) is 26.6 Å². The van der Waals surface area contributed by atoms with Gasteiger partial charge in [0.15, 0.2) is 5.96 Å². The maximum atomic E-state index is 4.67. The van der Waals surface area contributed by atoms with E-state index in [1.807, 2.05) is 28.2 Å². The number of hydrogen-bond acceptors (Lipinski definition) is 2. The van der Waals surface area contributed by atoms with Crippen molar-refractivity contribution >= 4 is 5.96 Å². The van der Waals surface area contributed by atoms with Crippen molar-refractivity contribution in [1.82, 2.24) is 14.7 Å². The summed E-state index contributed by atoms with van der Waals surface area (Å²) >= 11 is 0. The minimum absolute atomic E-state index is 0.890. The summed E-state index contributed by atoms with van der Waals surface area (Å²) in [6.45, 7) is 7.16. The highest BCUT2D eigenvalue weighted by molar-refractivity contribution is 5.79. The van der Waals surface area contributed by atoms with E-state index in [1.54, 1.807) is 0 Å². The number of rotatable bonds is 5. The minimum atomic E-state index is 0.890. The molecule has 0 aromatic carbocycles. The lowest BCUT2D eigenvalue weighted by Gasteiger charge is -2.30. The third-order valence-electron chi connectivity index (χ3n) is 3.68. The Kier molecular flexibility index (Phi) is 7.21. The number of hydrogen-bond donors (Lipinski definition) is 0. The van der Waals surface area contributed by atoms with Crippen LogP contribution in [0.2, 0.25) is 0 Å². The number of likely N-dealkylation sites (tertiary alicyclic amines) is 1. The number of piperidine rings is 1. The van der Waals surface area contributed by atoms with E-state index in [0.29, 0.717) is 0 Å². The van der Waals surface area contributed by atoms with Crippen molar-refractivity contribution in [2.45, 2.75) is 32.6 Å². The molecule has 0 saturated carbocycles. The fourth-order valence-corrected chi connectivity index (χ4v) is 2.80. The Morgan fingerprint density at radius 1 is 1.16 bits per heavy atom. The predicted octanol–water partition coefficient (Wildman–Crippen LogP) is 1.98. The van der Waals surface area contributed by atoms with Crippen molar-refractivity contribution in [1.29, 1.82) is 0 Å². The zero-order valence-corrected chi connectivity index (χ0v) is 13.5. The van der Waals surface area contributed by atoms with E-state index < -0.39 is 0 Å². The molecule has 1 aliphatic heterocycles. The predicted molar refractivity (Wildman–Crippen MR) is 83.7 cm³/mol. The Labute approximate surface area is 119 Å². The van der Waals surface area contributed by atoms with Gasteiger partial charge in [0.05, 0.1) is 0 Å². The summed E-state index contributed by atoms with van der Waals surface area (Å²) in [6, 6.07) is 0. The Hall–Kier alpha value is -0.770. The van der Waals surface area contributed by atoms with Crippen LogP contribution in [-0.2, 0) is 0 Å². The van der Waals surface area contributed by atoms with Gasteiger partial charge in [0.1, 0.15) is 0 Å². The molecule has 4 nitrogen and oxygen atoms in total. The first kappa shape index (κ1) is 16.3. The van der Waals surface area contributed by atoms with Gasteiger partial charge in [-0.1, -0.05) is 6.92 Å². The zero-order chi connectivity index (χ0) is 14.3. The van der Waals surface area contributed by atoms with E-state index in [9.17, 15) is 0 Å². The van der Waals surface area contributed by atoms with Crippen molar-refractivity contribution in [3.8, 4) is 0 Å². The second-order valence-electron chi connectivity index (χ2n) is 6.23. The molecule has 1 fully saturated rings. The van der Waals surface area contributed by atoms with Crippen LogP contribution in [0, 0.1) is 5.92 Å². The molecule has 1 rings (SSSR count). The molecule has 0 aromatic rings. The smallest absolute Gasteiger partial charge is 0.195 e. The van der Waals surface area contributed by atoms with Gasteiger partial charge in [-0.3, -0.25) is 4.99 Å². The molecular formula is C15H32N4. The molecule has 1 unspecified atom stereocenters. The van der Waals surface area contributed by atoms with Gasteiger partial charge in [0, 0.05) is 41.3 Å². The van der Waals surface area contributed by atoms with Gasteiger partial charge in [-0.25, -0.2) is 0 Å². The van der Waals surface area contributed by atoms with Crippen molar-refractivity contribution in [2.75, 3.05) is 54.4 Å². The zero-order valence-electron chi connectivity index (χ0n) is 13.5. The topological polar surface area (TPSA) is 22.1 Å². The van der Waals surface area contributed by atoms with Gasteiger partial charge in [-0.05, 0) is 44.7 Å². The summed E-state index contributed by atoms with van der Waals surface area (Å²) < 4.78 is 0. The van der Waals surface area contributed by atoms with E-state index in [4.69, 9.17) is 0 Å². The molecule has 0 spiro atoms. The highest BCUT2D eigenvalue weighted by Gasteiger charge is 2.15. The van der Waals surface area contributed by atoms with Crippen LogP contribution in [0.15, 0.2) is 4.99 Å². The van der Waals surface area contributed by atoms with Crippen LogP contribution >= 0.6 is 0 Å². The number of nitrogens with zero attached hydrogens (tertiary/aromatic N) is 4. The molecule has 19 heavy (non-hydrogen) atoms. The third-order valence-corrected chi connectivity index (χ3v) is 3.68. The van der Waals surface area contributed by atoms with Gasteiger partial charge in [0.25, 0.3) is 0 Å². The fraction of sp³-hybridized carbons (Fsp3) is 0.933. The summed E-state index contributed by atoms with van der Waals surface area (Å²) in [4.78, 5) is 11.4. The molecule has 4 heteroatoms. The Morgan fingerprint density at radius 3 is 2.42 bits per heavy atom. The lowest BCUT2D eigenvalue weighted by Crippen LogP contribution is -2.36. The largest absolute Gasteiger partial charge is 0.349 e. The molecule has 0 aliphatic carbocycles. The number of unbranched alkanes of at least 4 members (excludes halogenated alkanes) is 1. The molecule has 1 aliphatic rings. The Bertz CT molecular complexity index is 263. The van der Waals surface area contributed by atoms with E-state index in [0.717, 1.165) is 18.4 Å². The van der Waals surface area contributed by atoms with Crippen molar-refractivity contribution in [2.24, 2.45) is 10.9 Å². The molecule has 0 radical (unpaired) electrons. The van der Waals surface area contributed by atoms with Gasteiger partial charge < -0.3 is 14.7 Å². The van der Waals surface area contributed by atoms with E-state index in [1.165, 1.54) is 45.3 Å². The lowest BCUT2D eigenvalue weighted by atomic mass is 10.0. The van der Waals surface area contributed by atoms with Crippen LogP contribution in [0.5, 0.6) is 0 Å². The molecule has 0 aromatic heterocycles. The summed E-state index contributed by atoms with van der Waals surface area (Å²) in [5.74, 6) is 1.95. The van der Waals surface area contributed by atoms with Crippen LogP contribution in [0.1, 0.15) is 32.6 Å². The summed E-state index contributed by atoms with van der Waals surface area (Å²) in [5.41, 5.74) is 0. The summed E-state index contributed by atoms with van der Waals surface area (Å²) in [7, 11) is 8.20. The van der Waals surface area contributed by atoms with Crippen LogP contribution in [0.3, 0.4) is 0 Å². The van der Waals surface area contributed by atoms with Crippen LogP contribution < -0.4 is 0 Å². The quantitative estimate of drug-likeness (QED) is 0.432. The van der Waals surface area contributed by atoms with Gasteiger partial charge >= 0.3 is 0 Å². The van der Waals surface area contributed by atoms with Crippen LogP contribution in [0.4, 0.5) is 0 Å². The van der Waals surface area contributed by atoms with Gasteiger partial charge in [0.2, 0.25) is 0 Å². The Morgan fingerprint density at radius 2 is 1.84 bits per heavy atom. The maximum absolute atomic E-state index is 4.67. The second-order valence-corrected chi connectivity index (χ2v) is 6.23. The normalized spacial score (nSPS) is 20.2. The van der Waals surface area contributed by atoms with E-state index >= 15 is 0 Å². The first-order chi connectivity index (χ1) is 9.00. The van der Waals surface area contributed by atoms with Crippen LogP contribution in [0.25, 0.3) is 0 Å². The van der Waals surface area contributed by atoms with E-state index in [-0.39, 0.29) is 0 Å². The SMILES string of the molecule is CC1CCCN(CCCCN=C(N(C)C)N(C)C)C1. The molecule has 1 saturated heterocycles. The minimum Gasteiger partial charge on any atom is -0.349 e. The second kappa shape index (κ2) is 8.41. The van der Waals surface area contributed by atoms with Crippen molar-refractivity contribution < 1.29 is 0 Å². The molecule has 0 bridgehead atoms. The fourth-order valence-electron chi connectivity index (χ4n) is 2.80. The average Bonchev–Trinajstić information content (AvgIpc) is 2.32. The average molecular weight is 268 g/mol. The summed E-state index contributed by atoms with van der Waals surface area (Å²) in [6.07, 6.45) is 5.25. The third kappa shape index (κ3) is 6.28. The first-order valence-corrected chi connectivity index (χ1v) is 7.62. The highest BCUT2D eigenvalue weighted by Crippen LogP contribution is 2.15. The molecule has 0 N–H and O–H groups in total. The molecule has 112 valence electrons. The van der Waals surface area contributed by atoms with Crippen LogP contribution in [-0.4, -0.2) is 75.0 Å². The molecule has 1 atom stereocenters. The Balaban J connectivity index is 2.18. The number of guanidine groups is 1. The first-order valence-electron chi connectivity index (χ1n) is 7.62. The molecule has 0 amide bonds. The maximum Gasteiger partial charge on any atom is 0.195 e. The van der Waals surface area contributed by atoms with Crippen molar-refractivity contribution in [3.63, 3.8) is 0 Å². The van der Waals surface area contributed by atoms with Crippen molar-refractivity contribution in [3.05, 3.63) is 0 Å². The van der Waals surface area contributed by atoms with Gasteiger partial charge in [-0.2, -0.15) is 0 Å². The number of aliphatic imine (C=N–C) groups is 1.